The van der Waals surface area contributed by atoms with E-state index in [1.807, 2.05) is 11.4 Å². The Morgan fingerprint density at radius 2 is 2.05 bits per heavy atom. The highest BCUT2D eigenvalue weighted by Gasteiger charge is 2.27. The molecule has 2 aliphatic heterocycles. The van der Waals surface area contributed by atoms with E-state index < -0.39 is 0 Å². The molecule has 2 fully saturated rings. The maximum atomic E-state index is 5.85. The molecule has 6 heteroatoms. The SMILES string of the molecule is Cc1nc(C2CCCO2)c2c(N3CCCCC3)ncnn12. The molecule has 2 aromatic heterocycles. The van der Waals surface area contributed by atoms with Crippen LogP contribution in [0, 0.1) is 6.92 Å². The molecule has 0 amide bonds. The average molecular weight is 287 g/mol. The molecule has 0 spiro atoms. The van der Waals surface area contributed by atoms with Crippen molar-refractivity contribution >= 4 is 11.3 Å². The van der Waals surface area contributed by atoms with Crippen LogP contribution in [0.4, 0.5) is 5.82 Å². The number of aromatic nitrogens is 4. The molecule has 6 nitrogen and oxygen atoms in total. The van der Waals surface area contributed by atoms with Crippen molar-refractivity contribution in [2.24, 2.45) is 0 Å². The zero-order valence-corrected chi connectivity index (χ0v) is 12.5. The first-order valence-electron chi connectivity index (χ1n) is 7.91. The van der Waals surface area contributed by atoms with Gasteiger partial charge in [0.2, 0.25) is 0 Å². The highest BCUT2D eigenvalue weighted by Crippen LogP contribution is 2.34. The molecular formula is C15H21N5O. The molecule has 4 heterocycles. The van der Waals surface area contributed by atoms with Gasteiger partial charge in [0.1, 0.15) is 29.5 Å². The van der Waals surface area contributed by atoms with Gasteiger partial charge in [-0.3, -0.25) is 0 Å². The van der Waals surface area contributed by atoms with Gasteiger partial charge >= 0.3 is 0 Å². The Balaban J connectivity index is 1.85. The Kier molecular flexibility index (Phi) is 3.25. The second-order valence-electron chi connectivity index (χ2n) is 5.94. The van der Waals surface area contributed by atoms with Crippen LogP contribution in [0.2, 0.25) is 0 Å². The van der Waals surface area contributed by atoms with Crippen LogP contribution in [0.15, 0.2) is 6.33 Å². The van der Waals surface area contributed by atoms with E-state index in [0.29, 0.717) is 0 Å². The van der Waals surface area contributed by atoms with Crippen molar-refractivity contribution in [3.05, 3.63) is 17.8 Å². The quantitative estimate of drug-likeness (QED) is 0.848. The first-order valence-corrected chi connectivity index (χ1v) is 7.91. The van der Waals surface area contributed by atoms with E-state index in [0.717, 1.165) is 55.4 Å². The van der Waals surface area contributed by atoms with Gasteiger partial charge in [-0.2, -0.15) is 5.10 Å². The van der Waals surface area contributed by atoms with Gasteiger partial charge in [-0.1, -0.05) is 0 Å². The number of hydrogen-bond acceptors (Lipinski definition) is 5. The summed E-state index contributed by atoms with van der Waals surface area (Å²) in [7, 11) is 0. The van der Waals surface area contributed by atoms with Gasteiger partial charge in [-0.25, -0.2) is 14.5 Å². The lowest BCUT2D eigenvalue weighted by Gasteiger charge is -2.28. The molecule has 112 valence electrons. The third-order valence-corrected chi connectivity index (χ3v) is 4.49. The Morgan fingerprint density at radius 1 is 1.19 bits per heavy atom. The zero-order chi connectivity index (χ0) is 14.2. The molecule has 0 aliphatic carbocycles. The number of piperidine rings is 1. The first-order chi connectivity index (χ1) is 10.3. The van der Waals surface area contributed by atoms with Crippen molar-refractivity contribution in [3.8, 4) is 0 Å². The Hall–Kier alpha value is -1.69. The standard InChI is InChI=1S/C15H21N5O/c1-11-18-13(12-6-5-9-21-12)14-15(16-10-17-20(11)14)19-7-3-2-4-8-19/h10,12H,2-9H2,1H3. The zero-order valence-electron chi connectivity index (χ0n) is 12.5. The number of fused-ring (bicyclic) bond motifs is 1. The van der Waals surface area contributed by atoms with Crippen LogP contribution < -0.4 is 4.90 Å². The predicted molar refractivity (Wildman–Crippen MR) is 79.5 cm³/mol. The predicted octanol–water partition coefficient (Wildman–Crippen LogP) is 2.27. The molecule has 0 saturated carbocycles. The van der Waals surface area contributed by atoms with Crippen molar-refractivity contribution in [2.75, 3.05) is 24.6 Å². The number of hydrogen-bond donors (Lipinski definition) is 0. The van der Waals surface area contributed by atoms with Crippen LogP contribution in [0.1, 0.15) is 49.7 Å². The number of imidazole rings is 1. The molecular weight excluding hydrogens is 266 g/mol. The van der Waals surface area contributed by atoms with E-state index in [1.165, 1.54) is 19.3 Å². The van der Waals surface area contributed by atoms with Crippen molar-refractivity contribution in [2.45, 2.75) is 45.1 Å². The van der Waals surface area contributed by atoms with E-state index >= 15 is 0 Å². The lowest BCUT2D eigenvalue weighted by molar-refractivity contribution is 0.110. The van der Waals surface area contributed by atoms with Gasteiger partial charge < -0.3 is 9.64 Å². The van der Waals surface area contributed by atoms with Gasteiger partial charge in [-0.15, -0.1) is 0 Å². The molecule has 2 saturated heterocycles. The first kappa shape index (κ1) is 13.0. The Morgan fingerprint density at radius 3 is 2.81 bits per heavy atom. The molecule has 2 aromatic rings. The van der Waals surface area contributed by atoms with Crippen LogP contribution in [0.25, 0.3) is 5.52 Å². The fraction of sp³-hybridized carbons (Fsp3) is 0.667. The number of anilines is 1. The highest BCUT2D eigenvalue weighted by molar-refractivity contribution is 5.72. The number of nitrogens with zero attached hydrogens (tertiary/aromatic N) is 5. The summed E-state index contributed by atoms with van der Waals surface area (Å²) in [5.74, 6) is 1.94. The topological polar surface area (TPSA) is 55.5 Å². The van der Waals surface area contributed by atoms with Gasteiger partial charge in [0.05, 0.1) is 0 Å². The normalized spacial score (nSPS) is 23.1. The summed E-state index contributed by atoms with van der Waals surface area (Å²) in [5, 5.41) is 4.39. The molecule has 0 bridgehead atoms. The fourth-order valence-corrected chi connectivity index (χ4v) is 3.44. The van der Waals surface area contributed by atoms with E-state index in [1.54, 1.807) is 6.33 Å². The van der Waals surface area contributed by atoms with Gasteiger partial charge in [0.25, 0.3) is 0 Å². The molecule has 1 atom stereocenters. The maximum Gasteiger partial charge on any atom is 0.158 e. The second kappa shape index (κ2) is 5.26. The summed E-state index contributed by atoms with van der Waals surface area (Å²) in [5.41, 5.74) is 2.06. The highest BCUT2D eigenvalue weighted by atomic mass is 16.5. The minimum atomic E-state index is 0.100. The summed E-state index contributed by atoms with van der Waals surface area (Å²) >= 11 is 0. The third kappa shape index (κ3) is 2.18. The molecule has 4 rings (SSSR count). The lowest BCUT2D eigenvalue weighted by atomic mass is 10.1. The van der Waals surface area contributed by atoms with E-state index in [-0.39, 0.29) is 6.10 Å². The molecule has 1 unspecified atom stereocenters. The van der Waals surface area contributed by atoms with Crippen LogP contribution in [-0.4, -0.2) is 39.3 Å². The van der Waals surface area contributed by atoms with E-state index in [4.69, 9.17) is 9.72 Å². The third-order valence-electron chi connectivity index (χ3n) is 4.49. The average Bonchev–Trinajstić information content (AvgIpc) is 3.16. The lowest BCUT2D eigenvalue weighted by Crippen LogP contribution is -2.31. The summed E-state index contributed by atoms with van der Waals surface area (Å²) < 4.78 is 7.78. The minimum absolute atomic E-state index is 0.100. The maximum absolute atomic E-state index is 5.85. The van der Waals surface area contributed by atoms with Gasteiger partial charge in [-0.05, 0) is 39.0 Å². The largest absolute Gasteiger partial charge is 0.372 e. The van der Waals surface area contributed by atoms with Crippen molar-refractivity contribution < 1.29 is 4.74 Å². The fourth-order valence-electron chi connectivity index (χ4n) is 3.44. The molecule has 0 aromatic carbocycles. The summed E-state index contributed by atoms with van der Waals surface area (Å²) in [4.78, 5) is 11.7. The number of ether oxygens (including phenoxy) is 1. The monoisotopic (exact) mass is 287 g/mol. The Labute approximate surface area is 124 Å². The number of aryl methyl sites for hydroxylation is 1. The molecule has 0 radical (unpaired) electrons. The van der Waals surface area contributed by atoms with Gasteiger partial charge in [0.15, 0.2) is 5.82 Å². The summed E-state index contributed by atoms with van der Waals surface area (Å²) in [6, 6.07) is 0. The van der Waals surface area contributed by atoms with Crippen LogP contribution in [0.3, 0.4) is 0 Å². The second-order valence-corrected chi connectivity index (χ2v) is 5.94. The van der Waals surface area contributed by atoms with Crippen LogP contribution in [0.5, 0.6) is 0 Å². The van der Waals surface area contributed by atoms with E-state index in [2.05, 4.69) is 15.0 Å². The van der Waals surface area contributed by atoms with E-state index in [9.17, 15) is 0 Å². The van der Waals surface area contributed by atoms with Crippen molar-refractivity contribution in [3.63, 3.8) is 0 Å². The minimum Gasteiger partial charge on any atom is -0.372 e. The molecule has 0 N–H and O–H groups in total. The smallest absolute Gasteiger partial charge is 0.158 e. The molecule has 2 aliphatic rings. The van der Waals surface area contributed by atoms with Crippen LogP contribution >= 0.6 is 0 Å². The molecule has 21 heavy (non-hydrogen) atoms. The summed E-state index contributed by atoms with van der Waals surface area (Å²) in [6.45, 7) is 4.97. The Bertz CT molecular complexity index is 641. The van der Waals surface area contributed by atoms with Crippen molar-refractivity contribution in [1.82, 2.24) is 19.6 Å². The van der Waals surface area contributed by atoms with Gasteiger partial charge in [0, 0.05) is 19.7 Å². The number of rotatable bonds is 2. The summed E-state index contributed by atoms with van der Waals surface area (Å²) in [6.07, 6.45) is 7.68. The van der Waals surface area contributed by atoms with Crippen molar-refractivity contribution in [1.29, 1.82) is 0 Å². The van der Waals surface area contributed by atoms with Crippen LogP contribution in [-0.2, 0) is 4.74 Å².